The number of rotatable bonds is 6. The lowest BCUT2D eigenvalue weighted by atomic mass is 9.89. The molecule has 2 aromatic carbocycles. The molecule has 30 heavy (non-hydrogen) atoms. The predicted molar refractivity (Wildman–Crippen MR) is 123 cm³/mol. The van der Waals surface area contributed by atoms with Crippen LogP contribution in [0.2, 0.25) is 0 Å². The Hall–Kier alpha value is -2.99. The second-order valence-corrected chi connectivity index (χ2v) is 8.54. The number of carbonyl (C=O) groups is 2. The molecule has 5 nitrogen and oxygen atoms in total. The number of thioether (sulfide) groups is 1. The van der Waals surface area contributed by atoms with Crippen molar-refractivity contribution in [3.05, 3.63) is 76.9 Å². The van der Waals surface area contributed by atoms with E-state index < -0.39 is 5.25 Å². The molecule has 1 aliphatic carbocycles. The first-order valence-electron chi connectivity index (χ1n) is 10.1. The number of ketones is 1. The average molecular weight is 418 g/mol. The van der Waals surface area contributed by atoms with E-state index in [2.05, 4.69) is 21.6 Å². The third-order valence-electron chi connectivity index (χ3n) is 5.21. The number of nitrogens with one attached hydrogen (secondary N) is 1. The Bertz CT molecular complexity index is 1030. The van der Waals surface area contributed by atoms with Gasteiger partial charge < -0.3 is 5.32 Å². The Morgan fingerprint density at radius 2 is 1.90 bits per heavy atom. The van der Waals surface area contributed by atoms with Gasteiger partial charge in [0, 0.05) is 18.2 Å². The molecule has 0 spiro atoms. The van der Waals surface area contributed by atoms with Crippen LogP contribution in [0.15, 0.2) is 64.8 Å². The number of nitrogens with zero attached hydrogens (tertiary/aromatic N) is 2. The Morgan fingerprint density at radius 1 is 1.10 bits per heavy atom. The van der Waals surface area contributed by atoms with Crippen LogP contribution in [0.4, 0.5) is 0 Å². The number of amides is 1. The van der Waals surface area contributed by atoms with E-state index in [9.17, 15) is 9.59 Å². The SMILES string of the molecule is O=C(C[C@H]1S/C(=N/N=C\C=C\c2ccccc2)NC1=O)c1ccc2c(c1)CCCC2. The summed E-state index contributed by atoms with van der Waals surface area (Å²) >= 11 is 1.26. The number of benzene rings is 2. The van der Waals surface area contributed by atoms with Crippen LogP contribution in [0.25, 0.3) is 6.08 Å². The van der Waals surface area contributed by atoms with Crippen molar-refractivity contribution in [3.8, 4) is 0 Å². The number of allylic oxidation sites excluding steroid dienone is 1. The van der Waals surface area contributed by atoms with E-state index in [0.29, 0.717) is 10.7 Å². The van der Waals surface area contributed by atoms with Crippen molar-refractivity contribution in [2.24, 2.45) is 10.2 Å². The summed E-state index contributed by atoms with van der Waals surface area (Å²) in [7, 11) is 0. The highest BCUT2D eigenvalue weighted by Gasteiger charge is 2.32. The van der Waals surface area contributed by atoms with Gasteiger partial charge in [-0.05, 0) is 54.5 Å². The summed E-state index contributed by atoms with van der Waals surface area (Å²) in [5.74, 6) is -0.202. The van der Waals surface area contributed by atoms with Crippen LogP contribution in [0.3, 0.4) is 0 Å². The smallest absolute Gasteiger partial charge is 0.240 e. The van der Waals surface area contributed by atoms with E-state index in [1.165, 1.54) is 35.7 Å². The zero-order valence-electron chi connectivity index (χ0n) is 16.6. The van der Waals surface area contributed by atoms with Crippen molar-refractivity contribution >= 4 is 40.9 Å². The molecule has 2 aliphatic rings. The molecule has 152 valence electrons. The zero-order chi connectivity index (χ0) is 20.8. The molecule has 1 heterocycles. The van der Waals surface area contributed by atoms with Gasteiger partial charge in [0.15, 0.2) is 11.0 Å². The van der Waals surface area contributed by atoms with Crippen LogP contribution in [-0.4, -0.2) is 28.3 Å². The summed E-state index contributed by atoms with van der Waals surface area (Å²) in [6, 6.07) is 15.8. The summed E-state index contributed by atoms with van der Waals surface area (Å²) in [6.07, 6.45) is 9.94. The molecule has 0 unspecified atom stereocenters. The van der Waals surface area contributed by atoms with Crippen molar-refractivity contribution in [3.63, 3.8) is 0 Å². The van der Waals surface area contributed by atoms with E-state index in [1.807, 2.05) is 48.5 Å². The molecule has 1 amide bonds. The van der Waals surface area contributed by atoms with Crippen LogP contribution in [0.5, 0.6) is 0 Å². The van der Waals surface area contributed by atoms with E-state index in [1.54, 1.807) is 12.3 Å². The number of carbonyl (C=O) groups excluding carboxylic acids is 2. The normalized spacial score (nSPS) is 20.1. The third kappa shape index (κ3) is 5.13. The highest BCUT2D eigenvalue weighted by molar-refractivity contribution is 8.15. The number of hydrogen-bond acceptors (Lipinski definition) is 5. The minimum absolute atomic E-state index is 0.00781. The molecule has 1 fully saturated rings. The lowest BCUT2D eigenvalue weighted by Crippen LogP contribution is -2.26. The maximum Gasteiger partial charge on any atom is 0.240 e. The molecule has 0 radical (unpaired) electrons. The molecule has 1 saturated heterocycles. The van der Waals surface area contributed by atoms with Gasteiger partial charge in [0.25, 0.3) is 0 Å². The van der Waals surface area contributed by atoms with E-state index in [4.69, 9.17) is 0 Å². The van der Waals surface area contributed by atoms with Crippen LogP contribution >= 0.6 is 11.8 Å². The minimum atomic E-state index is -0.470. The summed E-state index contributed by atoms with van der Waals surface area (Å²) in [5, 5.41) is 10.7. The van der Waals surface area contributed by atoms with E-state index in [-0.39, 0.29) is 18.1 Å². The molecule has 4 rings (SSSR count). The number of aryl methyl sites for hydroxylation is 2. The molecular formula is C24H23N3O2S. The van der Waals surface area contributed by atoms with E-state index >= 15 is 0 Å². The summed E-state index contributed by atoms with van der Waals surface area (Å²) in [4.78, 5) is 24.9. The standard InChI is InChI=1S/C24H23N3O2S/c28-21(20-13-12-18-10-4-5-11-19(18)15-20)16-22-23(29)26-24(30-22)27-25-14-6-9-17-7-2-1-3-8-17/h1-3,6-9,12-15,22H,4-5,10-11,16H2,(H,26,27,29)/b9-6+,25-14-/t22-/m1/s1. The molecule has 1 atom stereocenters. The summed E-state index contributed by atoms with van der Waals surface area (Å²) in [6.45, 7) is 0. The molecule has 6 heteroatoms. The fourth-order valence-corrected chi connectivity index (χ4v) is 4.55. The van der Waals surface area contributed by atoms with Gasteiger partial charge in [-0.25, -0.2) is 0 Å². The number of Topliss-reactive ketones (excluding diaryl/α,β-unsaturated/α-hetero) is 1. The van der Waals surface area contributed by atoms with Gasteiger partial charge >= 0.3 is 0 Å². The van der Waals surface area contributed by atoms with Crippen molar-refractivity contribution in [1.82, 2.24) is 5.32 Å². The molecule has 2 aromatic rings. The third-order valence-corrected chi connectivity index (χ3v) is 6.28. The molecule has 1 N–H and O–H groups in total. The van der Waals surface area contributed by atoms with Gasteiger partial charge in [-0.2, -0.15) is 5.10 Å². The van der Waals surface area contributed by atoms with Gasteiger partial charge in [-0.1, -0.05) is 60.3 Å². The van der Waals surface area contributed by atoms with Crippen LogP contribution < -0.4 is 5.32 Å². The first kappa shape index (κ1) is 20.3. The van der Waals surface area contributed by atoms with Gasteiger partial charge in [-0.15, -0.1) is 5.10 Å². The van der Waals surface area contributed by atoms with Crippen molar-refractivity contribution in [2.45, 2.75) is 37.4 Å². The van der Waals surface area contributed by atoms with Gasteiger partial charge in [-0.3, -0.25) is 9.59 Å². The molecule has 1 aliphatic heterocycles. The Morgan fingerprint density at radius 3 is 2.73 bits per heavy atom. The molecule has 0 bridgehead atoms. The van der Waals surface area contributed by atoms with Crippen molar-refractivity contribution in [1.29, 1.82) is 0 Å². The quantitative estimate of drug-likeness (QED) is 0.430. The van der Waals surface area contributed by atoms with Crippen LogP contribution in [-0.2, 0) is 17.6 Å². The topological polar surface area (TPSA) is 70.9 Å². The van der Waals surface area contributed by atoms with Crippen molar-refractivity contribution < 1.29 is 9.59 Å². The fourth-order valence-electron chi connectivity index (χ4n) is 3.62. The van der Waals surface area contributed by atoms with Crippen LogP contribution in [0.1, 0.15) is 46.3 Å². The van der Waals surface area contributed by atoms with Crippen LogP contribution in [0, 0.1) is 0 Å². The Balaban J connectivity index is 1.33. The first-order chi connectivity index (χ1) is 14.7. The first-order valence-corrected chi connectivity index (χ1v) is 11.0. The monoisotopic (exact) mass is 417 g/mol. The maximum atomic E-state index is 12.7. The largest absolute Gasteiger partial charge is 0.303 e. The zero-order valence-corrected chi connectivity index (χ0v) is 17.4. The maximum absolute atomic E-state index is 12.7. The summed E-state index contributed by atoms with van der Waals surface area (Å²) < 4.78 is 0. The Labute approximate surface area is 180 Å². The lowest BCUT2D eigenvalue weighted by Gasteiger charge is -2.16. The second-order valence-electron chi connectivity index (χ2n) is 7.35. The molecule has 0 aromatic heterocycles. The van der Waals surface area contributed by atoms with Gasteiger partial charge in [0.05, 0.1) is 5.25 Å². The number of hydrogen-bond donors (Lipinski definition) is 1. The number of amidine groups is 1. The Kier molecular flexibility index (Phi) is 6.54. The summed E-state index contributed by atoms with van der Waals surface area (Å²) in [5.41, 5.74) is 4.38. The fraction of sp³-hybridized carbons (Fsp3) is 0.250. The molecule has 0 saturated carbocycles. The number of fused-ring (bicyclic) bond motifs is 1. The second kappa shape index (κ2) is 9.67. The van der Waals surface area contributed by atoms with Gasteiger partial charge in [0.2, 0.25) is 5.91 Å². The van der Waals surface area contributed by atoms with E-state index in [0.717, 1.165) is 18.4 Å². The lowest BCUT2D eigenvalue weighted by molar-refractivity contribution is -0.118. The van der Waals surface area contributed by atoms with Gasteiger partial charge in [0.1, 0.15) is 0 Å². The predicted octanol–water partition coefficient (Wildman–Crippen LogP) is 4.43. The van der Waals surface area contributed by atoms with Crippen molar-refractivity contribution in [2.75, 3.05) is 0 Å². The average Bonchev–Trinajstić information content (AvgIpc) is 3.12. The molecular weight excluding hydrogens is 394 g/mol. The highest BCUT2D eigenvalue weighted by atomic mass is 32.2. The minimum Gasteiger partial charge on any atom is -0.303 e. The highest BCUT2D eigenvalue weighted by Crippen LogP contribution is 2.26.